The average molecular weight is 495 g/mol. The summed E-state index contributed by atoms with van der Waals surface area (Å²) >= 11 is 0. The second-order valence-electron chi connectivity index (χ2n) is 8.12. The fourth-order valence-corrected chi connectivity index (χ4v) is 4.86. The maximum absolute atomic E-state index is 4.44. The van der Waals surface area contributed by atoms with Crippen molar-refractivity contribution in [1.82, 2.24) is 20.5 Å². The standard InChI is InChI=1S/C22H33N5.HI/c1-16-6-5-9-20-21(16)17(14-25-20)10-12-24-22(23-2)26-18-11-13-27(15-18)19-7-3-4-8-19;/h5-6,9,14,18-19,25H,3-4,7-8,10-13,15H2,1-2H3,(H2,23,24,26);1H. The molecule has 1 saturated heterocycles. The topological polar surface area (TPSA) is 55.5 Å². The number of aromatic nitrogens is 1. The molecule has 0 radical (unpaired) electrons. The molecule has 2 aliphatic rings. The molecule has 0 bridgehead atoms. The summed E-state index contributed by atoms with van der Waals surface area (Å²) < 4.78 is 0. The predicted molar refractivity (Wildman–Crippen MR) is 129 cm³/mol. The average Bonchev–Trinajstić information content (AvgIpc) is 3.42. The van der Waals surface area contributed by atoms with Gasteiger partial charge in [0.2, 0.25) is 0 Å². The SMILES string of the molecule is CN=C(NCCc1c[nH]c2cccc(C)c12)NC1CCN(C2CCCC2)C1.I. The molecule has 2 heterocycles. The molecule has 1 atom stereocenters. The van der Waals surface area contributed by atoms with E-state index in [9.17, 15) is 0 Å². The van der Waals surface area contributed by atoms with Crippen molar-refractivity contribution in [3.8, 4) is 0 Å². The Balaban J connectivity index is 0.00000225. The van der Waals surface area contributed by atoms with Crippen LogP contribution in [0.1, 0.15) is 43.2 Å². The van der Waals surface area contributed by atoms with Crippen LogP contribution in [-0.4, -0.2) is 54.6 Å². The molecule has 0 amide bonds. The Morgan fingerprint density at radius 2 is 2.07 bits per heavy atom. The third kappa shape index (κ3) is 4.82. The van der Waals surface area contributed by atoms with E-state index in [2.05, 4.69) is 56.8 Å². The van der Waals surface area contributed by atoms with Crippen LogP contribution in [0.3, 0.4) is 0 Å². The first-order valence-corrected chi connectivity index (χ1v) is 10.5. The highest BCUT2D eigenvalue weighted by molar-refractivity contribution is 14.0. The van der Waals surface area contributed by atoms with Crippen LogP contribution < -0.4 is 10.6 Å². The zero-order valence-corrected chi connectivity index (χ0v) is 19.5. The third-order valence-corrected chi connectivity index (χ3v) is 6.31. The molecule has 3 N–H and O–H groups in total. The highest BCUT2D eigenvalue weighted by Crippen LogP contribution is 2.26. The molecule has 1 saturated carbocycles. The summed E-state index contributed by atoms with van der Waals surface area (Å²) in [5.41, 5.74) is 3.94. The largest absolute Gasteiger partial charge is 0.361 e. The van der Waals surface area contributed by atoms with Gasteiger partial charge in [-0.15, -0.1) is 24.0 Å². The first-order valence-electron chi connectivity index (χ1n) is 10.5. The van der Waals surface area contributed by atoms with Gasteiger partial charge < -0.3 is 15.6 Å². The number of likely N-dealkylation sites (tertiary alicyclic amines) is 1. The van der Waals surface area contributed by atoms with Gasteiger partial charge in [0, 0.05) is 55.9 Å². The number of aliphatic imine (C=N–C) groups is 1. The fraction of sp³-hybridized carbons (Fsp3) is 0.591. The minimum atomic E-state index is 0. The van der Waals surface area contributed by atoms with Crippen LogP contribution in [0.5, 0.6) is 0 Å². The number of aromatic amines is 1. The lowest BCUT2D eigenvalue weighted by Gasteiger charge is -2.24. The van der Waals surface area contributed by atoms with Gasteiger partial charge in [0.05, 0.1) is 0 Å². The van der Waals surface area contributed by atoms with Crippen LogP contribution >= 0.6 is 24.0 Å². The van der Waals surface area contributed by atoms with Crippen molar-refractivity contribution in [1.29, 1.82) is 0 Å². The van der Waals surface area contributed by atoms with Gasteiger partial charge >= 0.3 is 0 Å². The number of guanidine groups is 1. The van der Waals surface area contributed by atoms with Crippen LogP contribution in [-0.2, 0) is 6.42 Å². The molecule has 4 rings (SSSR count). The molecule has 1 aliphatic heterocycles. The molecule has 5 nitrogen and oxygen atoms in total. The van der Waals surface area contributed by atoms with Gasteiger partial charge in [-0.05, 0) is 49.8 Å². The normalized spacial score (nSPS) is 21.2. The molecule has 28 heavy (non-hydrogen) atoms. The number of nitrogens with one attached hydrogen (secondary N) is 3. The zero-order chi connectivity index (χ0) is 18.6. The number of nitrogens with zero attached hydrogens (tertiary/aromatic N) is 2. The van der Waals surface area contributed by atoms with Crippen molar-refractivity contribution in [2.45, 2.75) is 57.5 Å². The van der Waals surface area contributed by atoms with Crippen LogP contribution in [0.15, 0.2) is 29.4 Å². The lowest BCUT2D eigenvalue weighted by Crippen LogP contribution is -2.45. The molecule has 2 fully saturated rings. The minimum absolute atomic E-state index is 0. The van der Waals surface area contributed by atoms with Crippen LogP contribution in [0.25, 0.3) is 10.9 Å². The summed E-state index contributed by atoms with van der Waals surface area (Å²) in [6.45, 7) is 5.46. The number of H-pyrrole nitrogens is 1. The summed E-state index contributed by atoms with van der Waals surface area (Å²) in [7, 11) is 1.87. The molecule has 154 valence electrons. The number of halogens is 1. The predicted octanol–water partition coefficient (Wildman–Crippen LogP) is 3.82. The van der Waals surface area contributed by atoms with E-state index in [1.807, 2.05) is 7.05 Å². The van der Waals surface area contributed by atoms with Crippen molar-refractivity contribution < 1.29 is 0 Å². The Bertz CT molecular complexity index is 793. The van der Waals surface area contributed by atoms with Crippen LogP contribution in [0.2, 0.25) is 0 Å². The summed E-state index contributed by atoms with van der Waals surface area (Å²) in [6.07, 6.45) is 9.97. The Morgan fingerprint density at radius 1 is 1.25 bits per heavy atom. The molecule has 1 aliphatic carbocycles. The monoisotopic (exact) mass is 495 g/mol. The van der Waals surface area contributed by atoms with Crippen molar-refractivity contribution in [3.63, 3.8) is 0 Å². The van der Waals surface area contributed by atoms with E-state index in [0.29, 0.717) is 6.04 Å². The summed E-state index contributed by atoms with van der Waals surface area (Å²) in [4.78, 5) is 10.5. The highest BCUT2D eigenvalue weighted by atomic mass is 127. The second kappa shape index (κ2) is 9.96. The quantitative estimate of drug-likeness (QED) is 0.336. The third-order valence-electron chi connectivity index (χ3n) is 6.31. The summed E-state index contributed by atoms with van der Waals surface area (Å²) in [6, 6.07) is 7.79. The Morgan fingerprint density at radius 3 is 2.86 bits per heavy atom. The van der Waals surface area contributed by atoms with E-state index in [-0.39, 0.29) is 24.0 Å². The van der Waals surface area contributed by atoms with Crippen LogP contribution in [0, 0.1) is 6.92 Å². The molecule has 1 unspecified atom stereocenters. The van der Waals surface area contributed by atoms with Gasteiger partial charge in [-0.25, -0.2) is 0 Å². The molecular weight excluding hydrogens is 461 g/mol. The van der Waals surface area contributed by atoms with Crippen molar-refractivity contribution in [2.75, 3.05) is 26.7 Å². The molecule has 6 heteroatoms. The van der Waals surface area contributed by atoms with E-state index in [1.54, 1.807) is 0 Å². The van der Waals surface area contributed by atoms with Crippen molar-refractivity contribution in [2.24, 2.45) is 4.99 Å². The fourth-order valence-electron chi connectivity index (χ4n) is 4.86. The number of fused-ring (bicyclic) bond motifs is 1. The van der Waals surface area contributed by atoms with Crippen molar-refractivity contribution in [3.05, 3.63) is 35.5 Å². The zero-order valence-electron chi connectivity index (χ0n) is 17.1. The van der Waals surface area contributed by atoms with E-state index in [1.165, 1.54) is 60.7 Å². The molecular formula is C22H34IN5. The van der Waals surface area contributed by atoms with Gasteiger partial charge in [-0.3, -0.25) is 9.89 Å². The molecule has 1 aromatic heterocycles. The van der Waals surface area contributed by atoms with Gasteiger partial charge in [-0.2, -0.15) is 0 Å². The smallest absolute Gasteiger partial charge is 0.191 e. The Kier molecular flexibility index (Phi) is 7.62. The van der Waals surface area contributed by atoms with Gasteiger partial charge in [0.25, 0.3) is 0 Å². The lowest BCUT2D eigenvalue weighted by atomic mass is 10.1. The van der Waals surface area contributed by atoms with E-state index < -0.39 is 0 Å². The molecule has 0 spiro atoms. The number of hydrogen-bond acceptors (Lipinski definition) is 2. The Labute approximate surface area is 185 Å². The van der Waals surface area contributed by atoms with Crippen LogP contribution in [0.4, 0.5) is 0 Å². The Hall–Kier alpha value is -1.28. The first-order chi connectivity index (χ1) is 13.2. The number of benzene rings is 1. The molecule has 1 aromatic carbocycles. The summed E-state index contributed by atoms with van der Waals surface area (Å²) in [5.74, 6) is 0.935. The van der Waals surface area contributed by atoms with E-state index in [0.717, 1.165) is 31.5 Å². The van der Waals surface area contributed by atoms with Gasteiger partial charge in [-0.1, -0.05) is 25.0 Å². The maximum Gasteiger partial charge on any atom is 0.191 e. The number of aryl methyl sites for hydroxylation is 1. The second-order valence-corrected chi connectivity index (χ2v) is 8.12. The maximum atomic E-state index is 4.44. The highest BCUT2D eigenvalue weighted by Gasteiger charge is 2.30. The lowest BCUT2D eigenvalue weighted by molar-refractivity contribution is 0.242. The van der Waals surface area contributed by atoms with E-state index >= 15 is 0 Å². The van der Waals surface area contributed by atoms with Gasteiger partial charge in [0.15, 0.2) is 5.96 Å². The van der Waals surface area contributed by atoms with E-state index in [4.69, 9.17) is 0 Å². The van der Waals surface area contributed by atoms with Gasteiger partial charge in [0.1, 0.15) is 0 Å². The minimum Gasteiger partial charge on any atom is -0.361 e. The first kappa shape index (κ1) is 21.4. The number of rotatable bonds is 5. The molecule has 2 aromatic rings. The summed E-state index contributed by atoms with van der Waals surface area (Å²) in [5, 5.41) is 8.51. The van der Waals surface area contributed by atoms with Crippen molar-refractivity contribution >= 4 is 40.8 Å². The number of hydrogen-bond donors (Lipinski definition) is 3.